The smallest absolute Gasteiger partial charge is 0.165 e. The van der Waals surface area contributed by atoms with E-state index < -0.39 is 5.82 Å². The first kappa shape index (κ1) is 13.1. The van der Waals surface area contributed by atoms with E-state index in [9.17, 15) is 14.3 Å². The summed E-state index contributed by atoms with van der Waals surface area (Å²) in [7, 11) is 0. The number of hydrogen-bond donors (Lipinski definition) is 1. The first-order valence-corrected chi connectivity index (χ1v) is 6.94. The van der Waals surface area contributed by atoms with Crippen LogP contribution in [0.2, 0.25) is 0 Å². The highest BCUT2D eigenvalue weighted by molar-refractivity contribution is 5.94. The minimum atomic E-state index is -0.601. The van der Waals surface area contributed by atoms with E-state index in [2.05, 4.69) is 6.58 Å². The molecule has 0 amide bonds. The minimum Gasteiger partial charge on any atom is -0.505 e. The summed E-state index contributed by atoms with van der Waals surface area (Å²) in [6.45, 7) is 4.03. The number of phenols is 1. The molecule has 0 saturated heterocycles. The third kappa shape index (κ3) is 2.17. The average Bonchev–Trinajstić information content (AvgIpc) is 2.83. The van der Waals surface area contributed by atoms with Gasteiger partial charge in [0.2, 0.25) is 0 Å². The van der Waals surface area contributed by atoms with Crippen LogP contribution in [0.5, 0.6) is 5.75 Å². The van der Waals surface area contributed by atoms with Crippen molar-refractivity contribution in [3.63, 3.8) is 0 Å². The van der Waals surface area contributed by atoms with Gasteiger partial charge in [-0.15, -0.1) is 0 Å². The Labute approximate surface area is 117 Å². The molecule has 1 aromatic rings. The van der Waals surface area contributed by atoms with E-state index in [-0.39, 0.29) is 29.3 Å². The summed E-state index contributed by atoms with van der Waals surface area (Å²) in [6.07, 6.45) is 6.06. The minimum absolute atomic E-state index is 0.00985. The molecule has 2 nitrogen and oxygen atoms in total. The van der Waals surface area contributed by atoms with Crippen LogP contribution < -0.4 is 0 Å². The second kappa shape index (κ2) is 4.89. The Morgan fingerprint density at radius 2 is 2.10 bits per heavy atom. The third-order valence-corrected chi connectivity index (χ3v) is 4.57. The van der Waals surface area contributed by atoms with Gasteiger partial charge < -0.3 is 5.11 Å². The fraction of sp³-hybridized carbons (Fsp3) is 0.353. The largest absolute Gasteiger partial charge is 0.505 e. The van der Waals surface area contributed by atoms with Crippen LogP contribution in [-0.4, -0.2) is 10.9 Å². The molecule has 0 bridgehead atoms. The molecule has 3 atom stereocenters. The fourth-order valence-corrected chi connectivity index (χ4v) is 3.56. The van der Waals surface area contributed by atoms with Gasteiger partial charge in [-0.1, -0.05) is 24.3 Å². The quantitative estimate of drug-likeness (QED) is 0.895. The third-order valence-electron chi connectivity index (χ3n) is 4.57. The summed E-state index contributed by atoms with van der Waals surface area (Å²) in [5.74, 6) is -0.287. The van der Waals surface area contributed by atoms with E-state index in [0.717, 1.165) is 24.0 Å². The van der Waals surface area contributed by atoms with Gasteiger partial charge in [0.25, 0.3) is 0 Å². The molecule has 1 aromatic carbocycles. The molecular weight excluding hydrogens is 255 g/mol. The maximum Gasteiger partial charge on any atom is 0.165 e. The van der Waals surface area contributed by atoms with Gasteiger partial charge in [0.15, 0.2) is 17.3 Å². The SMILES string of the molecule is C=C1C=CC(=O)[C@@H]2[C@H](Cc3ccc(O)c(F)c3)CC[C@H]12. The van der Waals surface area contributed by atoms with Gasteiger partial charge in [0, 0.05) is 5.92 Å². The second-order valence-electron chi connectivity index (χ2n) is 5.77. The number of ketones is 1. The normalized spacial score (nSPS) is 28.8. The predicted octanol–water partition coefficient (Wildman–Crippen LogP) is 3.41. The molecular formula is C17H17FO2. The van der Waals surface area contributed by atoms with Crippen LogP contribution in [0.1, 0.15) is 18.4 Å². The van der Waals surface area contributed by atoms with E-state index in [4.69, 9.17) is 0 Å². The number of carbonyl (C=O) groups excluding carboxylic acids is 1. The molecule has 0 spiro atoms. The van der Waals surface area contributed by atoms with Crippen LogP contribution in [0.25, 0.3) is 0 Å². The summed E-state index contributed by atoms with van der Waals surface area (Å²) >= 11 is 0. The molecule has 1 saturated carbocycles. The average molecular weight is 272 g/mol. The van der Waals surface area contributed by atoms with Crippen molar-refractivity contribution < 1.29 is 14.3 Å². The van der Waals surface area contributed by atoms with Gasteiger partial charge in [0.1, 0.15) is 0 Å². The Hall–Kier alpha value is -1.90. The topological polar surface area (TPSA) is 37.3 Å². The molecule has 0 radical (unpaired) electrons. The lowest BCUT2D eigenvalue weighted by atomic mass is 9.76. The maximum absolute atomic E-state index is 13.4. The molecule has 1 N–H and O–H groups in total. The summed E-state index contributed by atoms with van der Waals surface area (Å²) in [4.78, 5) is 12.1. The maximum atomic E-state index is 13.4. The summed E-state index contributed by atoms with van der Waals surface area (Å²) in [5.41, 5.74) is 1.87. The Morgan fingerprint density at radius 1 is 1.30 bits per heavy atom. The number of rotatable bonds is 2. The van der Waals surface area contributed by atoms with Crippen LogP contribution in [0.3, 0.4) is 0 Å². The van der Waals surface area contributed by atoms with Gasteiger partial charge in [-0.05, 0) is 54.9 Å². The van der Waals surface area contributed by atoms with E-state index in [0.29, 0.717) is 6.42 Å². The van der Waals surface area contributed by atoms with Crippen molar-refractivity contribution >= 4 is 5.78 Å². The van der Waals surface area contributed by atoms with Gasteiger partial charge in [-0.3, -0.25) is 4.79 Å². The summed E-state index contributed by atoms with van der Waals surface area (Å²) in [5, 5.41) is 9.22. The fourth-order valence-electron chi connectivity index (χ4n) is 3.56. The monoisotopic (exact) mass is 272 g/mol. The number of carbonyl (C=O) groups is 1. The van der Waals surface area contributed by atoms with Gasteiger partial charge in [0.05, 0.1) is 0 Å². The zero-order chi connectivity index (χ0) is 14.3. The first-order valence-electron chi connectivity index (χ1n) is 6.94. The molecule has 0 unspecified atom stereocenters. The number of allylic oxidation sites excluding steroid dienone is 3. The van der Waals surface area contributed by atoms with Crippen molar-refractivity contribution in [1.29, 1.82) is 0 Å². The Bertz CT molecular complexity index is 603. The second-order valence-corrected chi connectivity index (χ2v) is 5.77. The molecule has 3 heteroatoms. The van der Waals surface area contributed by atoms with Crippen molar-refractivity contribution in [1.82, 2.24) is 0 Å². The van der Waals surface area contributed by atoms with Crippen LogP contribution in [0, 0.1) is 23.6 Å². The van der Waals surface area contributed by atoms with Crippen molar-refractivity contribution in [3.8, 4) is 5.75 Å². The van der Waals surface area contributed by atoms with Crippen molar-refractivity contribution in [3.05, 3.63) is 53.9 Å². The molecule has 2 aliphatic carbocycles. The molecule has 0 aromatic heterocycles. The molecule has 1 fully saturated rings. The standard InChI is InChI=1S/C17H17FO2/c1-10-2-6-16(20)17-12(4-5-13(10)17)8-11-3-7-15(19)14(18)9-11/h2-3,6-7,9,12-13,17,19H,1,4-5,8H2/t12-,13+,17+/m0/s1. The zero-order valence-corrected chi connectivity index (χ0v) is 11.2. The Balaban J connectivity index is 1.81. The lowest BCUT2D eigenvalue weighted by molar-refractivity contribution is -0.120. The molecule has 3 rings (SSSR count). The first-order chi connectivity index (χ1) is 9.56. The highest BCUT2D eigenvalue weighted by atomic mass is 19.1. The van der Waals surface area contributed by atoms with Crippen LogP contribution in [0.4, 0.5) is 4.39 Å². The van der Waals surface area contributed by atoms with Gasteiger partial charge in [-0.2, -0.15) is 0 Å². The van der Waals surface area contributed by atoms with E-state index in [1.54, 1.807) is 12.1 Å². The summed E-state index contributed by atoms with van der Waals surface area (Å²) in [6, 6.07) is 4.46. The van der Waals surface area contributed by atoms with Crippen LogP contribution >= 0.6 is 0 Å². The Morgan fingerprint density at radius 3 is 2.85 bits per heavy atom. The lowest BCUT2D eigenvalue weighted by Crippen LogP contribution is -2.28. The van der Waals surface area contributed by atoms with Gasteiger partial charge in [-0.25, -0.2) is 4.39 Å². The zero-order valence-electron chi connectivity index (χ0n) is 11.2. The molecule has 2 aliphatic rings. The number of benzene rings is 1. The van der Waals surface area contributed by atoms with Crippen LogP contribution in [0.15, 0.2) is 42.5 Å². The van der Waals surface area contributed by atoms with E-state index in [1.165, 1.54) is 12.1 Å². The van der Waals surface area contributed by atoms with Crippen molar-refractivity contribution in [2.75, 3.05) is 0 Å². The predicted molar refractivity (Wildman–Crippen MR) is 74.8 cm³/mol. The highest BCUT2D eigenvalue weighted by Crippen LogP contribution is 2.45. The molecule has 0 aliphatic heterocycles. The lowest BCUT2D eigenvalue weighted by Gasteiger charge is -2.26. The molecule has 20 heavy (non-hydrogen) atoms. The number of hydrogen-bond acceptors (Lipinski definition) is 2. The number of fused-ring (bicyclic) bond motifs is 1. The highest BCUT2D eigenvalue weighted by Gasteiger charge is 2.42. The summed E-state index contributed by atoms with van der Waals surface area (Å²) < 4.78 is 13.4. The van der Waals surface area contributed by atoms with E-state index >= 15 is 0 Å². The molecule has 104 valence electrons. The number of aromatic hydroxyl groups is 1. The van der Waals surface area contributed by atoms with Gasteiger partial charge >= 0.3 is 0 Å². The number of phenolic OH excluding ortho intramolecular Hbond substituents is 1. The van der Waals surface area contributed by atoms with E-state index in [1.807, 2.05) is 6.08 Å². The van der Waals surface area contributed by atoms with Crippen molar-refractivity contribution in [2.24, 2.45) is 17.8 Å². The molecule has 0 heterocycles. The van der Waals surface area contributed by atoms with Crippen molar-refractivity contribution in [2.45, 2.75) is 19.3 Å². The number of halogens is 1. The van der Waals surface area contributed by atoms with Crippen LogP contribution in [-0.2, 0) is 11.2 Å². The Kier molecular flexibility index (Phi) is 3.20.